The van der Waals surface area contributed by atoms with E-state index in [0.29, 0.717) is 19.4 Å². The fourth-order valence-electron chi connectivity index (χ4n) is 1.64. The highest BCUT2D eigenvalue weighted by Crippen LogP contribution is 2.14. The number of hydrogen-bond acceptors (Lipinski definition) is 3. The van der Waals surface area contributed by atoms with Crippen LogP contribution in [-0.4, -0.2) is 28.6 Å². The van der Waals surface area contributed by atoms with Crippen LogP contribution in [0.15, 0.2) is 36.4 Å². The summed E-state index contributed by atoms with van der Waals surface area (Å²) in [7, 11) is 0. The molecule has 1 aromatic rings. The third kappa shape index (κ3) is 6.04. The summed E-state index contributed by atoms with van der Waals surface area (Å²) >= 11 is 0. The molecule has 0 saturated heterocycles. The van der Waals surface area contributed by atoms with E-state index in [9.17, 15) is 14.7 Å². The number of amides is 1. The van der Waals surface area contributed by atoms with Gasteiger partial charge in [0.25, 0.3) is 5.91 Å². The molecule has 20 heavy (non-hydrogen) atoms. The van der Waals surface area contributed by atoms with Crippen molar-refractivity contribution in [2.75, 3.05) is 6.54 Å². The average molecular weight is 277 g/mol. The molecule has 1 rings (SSSR count). The summed E-state index contributed by atoms with van der Waals surface area (Å²) < 4.78 is 0. The number of rotatable bonds is 8. The maximum absolute atomic E-state index is 11.7. The smallest absolute Gasteiger partial charge is 0.303 e. The number of carbonyl (C=O) groups excluding carboxylic acids is 1. The number of carboxylic acid groups (broad SMARTS) is 1. The molecule has 0 aromatic heterocycles. The molecule has 0 atom stereocenters. The number of carbonyl (C=O) groups is 2. The van der Waals surface area contributed by atoms with Crippen LogP contribution in [0.25, 0.3) is 0 Å². The van der Waals surface area contributed by atoms with Crippen LogP contribution in [0.4, 0.5) is 0 Å². The molecular weight excluding hydrogens is 258 g/mol. The normalized spacial score (nSPS) is 10.6. The SMILES string of the molecule is O=C(O)CCCC=CCCNC(=O)c1ccccc1O. The molecule has 0 aliphatic carbocycles. The van der Waals surface area contributed by atoms with E-state index in [-0.39, 0.29) is 23.6 Å². The lowest BCUT2D eigenvalue weighted by molar-refractivity contribution is -0.137. The lowest BCUT2D eigenvalue weighted by Crippen LogP contribution is -2.24. The summed E-state index contributed by atoms with van der Waals surface area (Å²) in [6.45, 7) is 0.475. The van der Waals surface area contributed by atoms with Crippen LogP contribution >= 0.6 is 0 Å². The first-order valence-corrected chi connectivity index (χ1v) is 6.54. The zero-order valence-corrected chi connectivity index (χ0v) is 11.2. The van der Waals surface area contributed by atoms with Gasteiger partial charge in [0.05, 0.1) is 5.56 Å². The highest BCUT2D eigenvalue weighted by atomic mass is 16.4. The summed E-state index contributed by atoms with van der Waals surface area (Å²) in [6.07, 6.45) is 6.01. The minimum absolute atomic E-state index is 0.0331. The van der Waals surface area contributed by atoms with Crippen LogP contribution in [0.5, 0.6) is 5.75 Å². The van der Waals surface area contributed by atoms with Crippen molar-refractivity contribution in [1.29, 1.82) is 0 Å². The van der Waals surface area contributed by atoms with E-state index in [1.807, 2.05) is 12.2 Å². The largest absolute Gasteiger partial charge is 0.507 e. The molecule has 108 valence electrons. The molecule has 5 heteroatoms. The molecule has 0 fully saturated rings. The number of phenolic OH excluding ortho intramolecular Hbond substituents is 1. The Kier molecular flexibility index (Phi) is 6.89. The molecule has 0 aliphatic rings. The number of para-hydroxylation sites is 1. The minimum atomic E-state index is -0.784. The summed E-state index contributed by atoms with van der Waals surface area (Å²) in [4.78, 5) is 22.0. The lowest BCUT2D eigenvalue weighted by atomic mass is 10.2. The van der Waals surface area contributed by atoms with E-state index in [0.717, 1.165) is 6.42 Å². The van der Waals surface area contributed by atoms with Gasteiger partial charge in [-0.25, -0.2) is 0 Å². The Morgan fingerprint density at radius 3 is 2.55 bits per heavy atom. The van der Waals surface area contributed by atoms with E-state index in [1.54, 1.807) is 18.2 Å². The maximum atomic E-state index is 11.7. The first kappa shape index (κ1) is 15.8. The second kappa shape index (κ2) is 8.74. The van der Waals surface area contributed by atoms with Gasteiger partial charge in [-0.3, -0.25) is 9.59 Å². The van der Waals surface area contributed by atoms with Crippen molar-refractivity contribution >= 4 is 11.9 Å². The number of phenols is 1. The van der Waals surface area contributed by atoms with Crippen LogP contribution in [0.1, 0.15) is 36.0 Å². The van der Waals surface area contributed by atoms with Gasteiger partial charge in [0, 0.05) is 13.0 Å². The Balaban J connectivity index is 2.18. The quantitative estimate of drug-likeness (QED) is 0.503. The van der Waals surface area contributed by atoms with Crippen molar-refractivity contribution in [3.05, 3.63) is 42.0 Å². The number of nitrogens with one attached hydrogen (secondary N) is 1. The van der Waals surface area contributed by atoms with Gasteiger partial charge in [-0.2, -0.15) is 0 Å². The van der Waals surface area contributed by atoms with Crippen molar-refractivity contribution < 1.29 is 19.8 Å². The van der Waals surface area contributed by atoms with Gasteiger partial charge in [-0.05, 0) is 31.4 Å². The van der Waals surface area contributed by atoms with Gasteiger partial charge in [0.15, 0.2) is 0 Å². The highest BCUT2D eigenvalue weighted by Gasteiger charge is 2.08. The lowest BCUT2D eigenvalue weighted by Gasteiger charge is -2.04. The average Bonchev–Trinajstić information content (AvgIpc) is 2.41. The number of hydrogen-bond donors (Lipinski definition) is 3. The van der Waals surface area contributed by atoms with Crippen LogP contribution < -0.4 is 5.32 Å². The summed E-state index contributed by atoms with van der Waals surface area (Å²) in [5.74, 6) is -1.12. The van der Waals surface area contributed by atoms with Crippen LogP contribution in [-0.2, 0) is 4.79 Å². The third-order valence-corrected chi connectivity index (χ3v) is 2.67. The number of benzene rings is 1. The van der Waals surface area contributed by atoms with E-state index in [1.165, 1.54) is 6.07 Å². The number of carboxylic acids is 1. The molecular formula is C15H19NO4. The predicted molar refractivity (Wildman–Crippen MR) is 75.7 cm³/mol. The van der Waals surface area contributed by atoms with Crippen molar-refractivity contribution in [2.45, 2.75) is 25.7 Å². The van der Waals surface area contributed by atoms with Gasteiger partial charge in [0.1, 0.15) is 5.75 Å². The maximum Gasteiger partial charge on any atom is 0.303 e. The van der Waals surface area contributed by atoms with Gasteiger partial charge in [-0.1, -0.05) is 24.3 Å². The van der Waals surface area contributed by atoms with Crippen molar-refractivity contribution in [1.82, 2.24) is 5.32 Å². The van der Waals surface area contributed by atoms with Crippen LogP contribution in [0.2, 0.25) is 0 Å². The molecule has 0 heterocycles. The molecule has 0 bridgehead atoms. The zero-order valence-electron chi connectivity index (χ0n) is 11.2. The van der Waals surface area contributed by atoms with Crippen LogP contribution in [0.3, 0.4) is 0 Å². The molecule has 1 amide bonds. The van der Waals surface area contributed by atoms with Crippen molar-refractivity contribution in [3.63, 3.8) is 0 Å². The number of unbranched alkanes of at least 4 members (excludes halogenated alkanes) is 1. The number of allylic oxidation sites excluding steroid dienone is 1. The second-order valence-corrected chi connectivity index (χ2v) is 4.32. The standard InChI is InChI=1S/C15H19NO4/c17-13-9-6-5-8-12(13)15(20)16-11-7-3-1-2-4-10-14(18)19/h1,3,5-6,8-9,17H,2,4,7,10-11H2,(H,16,20)(H,18,19). The monoisotopic (exact) mass is 277 g/mol. The van der Waals surface area contributed by atoms with Crippen molar-refractivity contribution in [3.8, 4) is 5.75 Å². The molecule has 0 saturated carbocycles. The fraction of sp³-hybridized carbons (Fsp3) is 0.333. The molecule has 0 aliphatic heterocycles. The Bertz CT molecular complexity index is 483. The van der Waals surface area contributed by atoms with E-state index in [4.69, 9.17) is 5.11 Å². The van der Waals surface area contributed by atoms with Gasteiger partial charge in [0.2, 0.25) is 0 Å². The van der Waals surface area contributed by atoms with Gasteiger partial charge in [-0.15, -0.1) is 0 Å². The topological polar surface area (TPSA) is 86.6 Å². The van der Waals surface area contributed by atoms with Gasteiger partial charge >= 0.3 is 5.97 Å². The van der Waals surface area contributed by atoms with Crippen molar-refractivity contribution in [2.24, 2.45) is 0 Å². The first-order valence-electron chi connectivity index (χ1n) is 6.54. The zero-order chi connectivity index (χ0) is 14.8. The molecule has 5 nitrogen and oxygen atoms in total. The number of aromatic hydroxyl groups is 1. The van der Waals surface area contributed by atoms with E-state index in [2.05, 4.69) is 5.32 Å². The summed E-state index contributed by atoms with van der Waals surface area (Å²) in [5, 5.41) is 20.7. The molecule has 3 N–H and O–H groups in total. The number of aliphatic carboxylic acids is 1. The molecule has 0 radical (unpaired) electrons. The molecule has 1 aromatic carbocycles. The van der Waals surface area contributed by atoms with E-state index < -0.39 is 5.97 Å². The predicted octanol–water partition coefficient (Wildman–Crippen LogP) is 2.32. The van der Waals surface area contributed by atoms with E-state index >= 15 is 0 Å². The van der Waals surface area contributed by atoms with Crippen LogP contribution in [0, 0.1) is 0 Å². The fourth-order valence-corrected chi connectivity index (χ4v) is 1.64. The second-order valence-electron chi connectivity index (χ2n) is 4.32. The highest BCUT2D eigenvalue weighted by molar-refractivity contribution is 5.96. The molecule has 0 spiro atoms. The Morgan fingerprint density at radius 1 is 1.15 bits per heavy atom. The Hall–Kier alpha value is -2.30. The van der Waals surface area contributed by atoms with Gasteiger partial charge < -0.3 is 15.5 Å². The minimum Gasteiger partial charge on any atom is -0.507 e. The third-order valence-electron chi connectivity index (χ3n) is 2.67. The Labute approximate surface area is 117 Å². The Morgan fingerprint density at radius 2 is 1.85 bits per heavy atom. The first-order chi connectivity index (χ1) is 9.61. The summed E-state index contributed by atoms with van der Waals surface area (Å²) in [6, 6.07) is 6.38. The molecule has 0 unspecified atom stereocenters. The summed E-state index contributed by atoms with van der Waals surface area (Å²) in [5.41, 5.74) is 0.262.